The molecule has 148 valence electrons. The topological polar surface area (TPSA) is 89.9 Å². The third-order valence-electron chi connectivity index (χ3n) is 4.55. The lowest BCUT2D eigenvalue weighted by atomic mass is 10.2. The highest BCUT2D eigenvalue weighted by Crippen LogP contribution is 2.25. The molecule has 2 fully saturated rings. The monoisotopic (exact) mass is 385 g/mol. The van der Waals surface area contributed by atoms with E-state index in [1.54, 1.807) is 12.1 Å². The molecule has 28 heavy (non-hydrogen) atoms. The Bertz CT molecular complexity index is 799. The fraction of sp³-hybridized carbons (Fsp3) is 0.474. The van der Waals surface area contributed by atoms with E-state index < -0.39 is 0 Å². The zero-order valence-electron chi connectivity index (χ0n) is 15.8. The molecule has 2 saturated heterocycles. The third kappa shape index (κ3) is 4.37. The molecule has 9 nitrogen and oxygen atoms in total. The first-order valence-electron chi connectivity index (χ1n) is 9.39. The van der Waals surface area contributed by atoms with E-state index in [9.17, 15) is 4.79 Å². The second-order valence-electron chi connectivity index (χ2n) is 6.58. The van der Waals surface area contributed by atoms with E-state index in [0.29, 0.717) is 49.9 Å². The summed E-state index contributed by atoms with van der Waals surface area (Å²) in [4.78, 5) is 29.6. The molecule has 9 heteroatoms. The summed E-state index contributed by atoms with van der Waals surface area (Å²) in [6, 6.07) is 7.22. The maximum absolute atomic E-state index is 11.3. The van der Waals surface area contributed by atoms with E-state index in [2.05, 4.69) is 9.80 Å². The molecule has 0 bridgehead atoms. The number of benzene rings is 1. The molecule has 0 atom stereocenters. The lowest BCUT2D eigenvalue weighted by Crippen LogP contribution is -2.40. The maximum atomic E-state index is 11.3. The first-order valence-corrected chi connectivity index (χ1v) is 9.39. The normalized spacial score (nSPS) is 17.5. The van der Waals surface area contributed by atoms with Crippen molar-refractivity contribution in [3.63, 3.8) is 0 Å². The molecule has 4 rings (SSSR count). The molecule has 1 aromatic carbocycles. The van der Waals surface area contributed by atoms with E-state index in [4.69, 9.17) is 29.2 Å². The molecule has 0 saturated carbocycles. The minimum Gasteiger partial charge on any atom is -0.427 e. The van der Waals surface area contributed by atoms with Crippen molar-refractivity contribution in [1.82, 2.24) is 15.0 Å². The smallest absolute Gasteiger partial charge is 0.308 e. The Morgan fingerprint density at radius 1 is 0.929 bits per heavy atom. The standard InChI is InChI=1S/C19H23N5O4/c1-14(25)28-16-4-2-3-15(13-16)17-20-18(23-5-9-26-10-6-23)22-19(21-17)24-7-11-27-12-8-24/h2-4,13H,5-12H2,1H3. The number of ether oxygens (including phenoxy) is 3. The van der Waals surface area contributed by atoms with Crippen LogP contribution in [0, 0.1) is 0 Å². The number of esters is 1. The molecular weight excluding hydrogens is 362 g/mol. The van der Waals surface area contributed by atoms with E-state index in [1.807, 2.05) is 12.1 Å². The van der Waals surface area contributed by atoms with Crippen LogP contribution in [0.3, 0.4) is 0 Å². The number of rotatable bonds is 4. The zero-order valence-corrected chi connectivity index (χ0v) is 15.8. The Kier molecular flexibility index (Phi) is 5.63. The minimum atomic E-state index is -0.365. The summed E-state index contributed by atoms with van der Waals surface area (Å²) in [6.07, 6.45) is 0. The van der Waals surface area contributed by atoms with E-state index in [1.165, 1.54) is 6.92 Å². The van der Waals surface area contributed by atoms with Gasteiger partial charge in [0.2, 0.25) is 11.9 Å². The Morgan fingerprint density at radius 2 is 1.50 bits per heavy atom. The highest BCUT2D eigenvalue weighted by Gasteiger charge is 2.21. The van der Waals surface area contributed by atoms with Gasteiger partial charge in [-0.15, -0.1) is 0 Å². The van der Waals surface area contributed by atoms with Crippen LogP contribution in [0.2, 0.25) is 0 Å². The van der Waals surface area contributed by atoms with Crippen LogP contribution in [0.15, 0.2) is 24.3 Å². The van der Waals surface area contributed by atoms with Crippen molar-refractivity contribution in [2.75, 3.05) is 62.4 Å². The Hall–Kier alpha value is -2.78. The number of hydrogen-bond acceptors (Lipinski definition) is 9. The molecule has 0 unspecified atom stereocenters. The van der Waals surface area contributed by atoms with Gasteiger partial charge in [0.1, 0.15) is 5.75 Å². The summed E-state index contributed by atoms with van der Waals surface area (Å²) in [7, 11) is 0. The van der Waals surface area contributed by atoms with Crippen molar-refractivity contribution in [3.05, 3.63) is 24.3 Å². The predicted octanol–water partition coefficient (Wildman–Crippen LogP) is 1.14. The van der Waals surface area contributed by atoms with Crippen LogP contribution in [0.1, 0.15) is 6.92 Å². The minimum absolute atomic E-state index is 0.365. The molecule has 0 spiro atoms. The average molecular weight is 385 g/mol. The lowest BCUT2D eigenvalue weighted by Gasteiger charge is -2.30. The molecule has 2 aromatic rings. The van der Waals surface area contributed by atoms with Crippen LogP contribution >= 0.6 is 0 Å². The van der Waals surface area contributed by atoms with E-state index >= 15 is 0 Å². The van der Waals surface area contributed by atoms with Crippen LogP contribution in [-0.2, 0) is 14.3 Å². The van der Waals surface area contributed by atoms with Gasteiger partial charge in [-0.05, 0) is 12.1 Å². The van der Waals surface area contributed by atoms with Gasteiger partial charge in [0.25, 0.3) is 0 Å². The molecule has 2 aliphatic heterocycles. The number of carbonyl (C=O) groups excluding carboxylic acids is 1. The van der Waals surface area contributed by atoms with Crippen molar-refractivity contribution in [3.8, 4) is 17.1 Å². The van der Waals surface area contributed by atoms with Gasteiger partial charge in [0.05, 0.1) is 26.4 Å². The van der Waals surface area contributed by atoms with Gasteiger partial charge in [-0.3, -0.25) is 4.79 Å². The van der Waals surface area contributed by atoms with E-state index in [0.717, 1.165) is 31.7 Å². The Labute approximate surface area is 163 Å². The maximum Gasteiger partial charge on any atom is 0.308 e. The zero-order chi connectivity index (χ0) is 19.3. The molecule has 0 aliphatic carbocycles. The molecule has 0 radical (unpaired) electrons. The number of aromatic nitrogens is 3. The summed E-state index contributed by atoms with van der Waals surface area (Å²) in [5, 5.41) is 0. The van der Waals surface area contributed by atoms with Crippen molar-refractivity contribution in [1.29, 1.82) is 0 Å². The lowest BCUT2D eigenvalue weighted by molar-refractivity contribution is -0.131. The molecule has 2 aliphatic rings. The first-order chi connectivity index (χ1) is 13.7. The quantitative estimate of drug-likeness (QED) is 0.567. The molecule has 0 amide bonds. The summed E-state index contributed by atoms with van der Waals surface area (Å²) in [6.45, 7) is 6.91. The average Bonchev–Trinajstić information content (AvgIpc) is 2.74. The molecule has 0 N–H and O–H groups in total. The number of morpholine rings is 2. The SMILES string of the molecule is CC(=O)Oc1cccc(-c2nc(N3CCOCC3)nc(N3CCOCC3)n2)c1. The summed E-state index contributed by atoms with van der Waals surface area (Å²) < 4.78 is 16.1. The predicted molar refractivity (Wildman–Crippen MR) is 103 cm³/mol. The number of nitrogens with zero attached hydrogens (tertiary/aromatic N) is 5. The molecule has 3 heterocycles. The fourth-order valence-corrected chi connectivity index (χ4v) is 3.16. The van der Waals surface area contributed by atoms with Gasteiger partial charge in [0, 0.05) is 38.7 Å². The second kappa shape index (κ2) is 8.49. The van der Waals surface area contributed by atoms with Crippen LogP contribution in [0.4, 0.5) is 11.9 Å². The number of anilines is 2. The van der Waals surface area contributed by atoms with Crippen LogP contribution < -0.4 is 14.5 Å². The van der Waals surface area contributed by atoms with Gasteiger partial charge in [-0.25, -0.2) is 0 Å². The van der Waals surface area contributed by atoms with Gasteiger partial charge in [-0.1, -0.05) is 12.1 Å². The Balaban J connectivity index is 1.71. The van der Waals surface area contributed by atoms with E-state index in [-0.39, 0.29) is 5.97 Å². The van der Waals surface area contributed by atoms with Crippen LogP contribution in [0.5, 0.6) is 5.75 Å². The highest BCUT2D eigenvalue weighted by molar-refractivity contribution is 5.70. The summed E-state index contributed by atoms with van der Waals surface area (Å²) >= 11 is 0. The summed E-state index contributed by atoms with van der Waals surface area (Å²) in [5.41, 5.74) is 0.769. The Morgan fingerprint density at radius 3 is 2.04 bits per heavy atom. The molecule has 1 aromatic heterocycles. The number of hydrogen-bond donors (Lipinski definition) is 0. The first kappa shape index (κ1) is 18.6. The molecular formula is C19H23N5O4. The fourth-order valence-electron chi connectivity index (χ4n) is 3.16. The number of carbonyl (C=O) groups is 1. The van der Waals surface area contributed by atoms with Gasteiger partial charge < -0.3 is 24.0 Å². The third-order valence-corrected chi connectivity index (χ3v) is 4.55. The second-order valence-corrected chi connectivity index (χ2v) is 6.58. The van der Waals surface area contributed by atoms with Crippen LogP contribution in [-0.4, -0.2) is 73.5 Å². The summed E-state index contributed by atoms with van der Waals surface area (Å²) in [5.74, 6) is 1.91. The van der Waals surface area contributed by atoms with Gasteiger partial charge >= 0.3 is 5.97 Å². The van der Waals surface area contributed by atoms with Gasteiger partial charge in [0.15, 0.2) is 5.82 Å². The largest absolute Gasteiger partial charge is 0.427 e. The van der Waals surface area contributed by atoms with Gasteiger partial charge in [-0.2, -0.15) is 15.0 Å². The van der Waals surface area contributed by atoms with Crippen molar-refractivity contribution < 1.29 is 19.0 Å². The highest BCUT2D eigenvalue weighted by atomic mass is 16.5. The van der Waals surface area contributed by atoms with Crippen molar-refractivity contribution in [2.24, 2.45) is 0 Å². The van der Waals surface area contributed by atoms with Crippen LogP contribution in [0.25, 0.3) is 11.4 Å². The van der Waals surface area contributed by atoms with Crippen molar-refractivity contribution in [2.45, 2.75) is 6.92 Å². The van der Waals surface area contributed by atoms with Crippen molar-refractivity contribution >= 4 is 17.9 Å².